The quantitative estimate of drug-likeness (QED) is 0.881. The van der Waals surface area contributed by atoms with Crippen molar-refractivity contribution in [1.29, 1.82) is 0 Å². The maximum absolute atomic E-state index is 11.6. The second-order valence-electron chi connectivity index (χ2n) is 4.49. The number of halogens is 1. The summed E-state index contributed by atoms with van der Waals surface area (Å²) in [6.45, 7) is 4.63. The number of hydrogen-bond donors (Lipinski definition) is 1. The molecule has 5 heteroatoms. The van der Waals surface area contributed by atoms with Gasteiger partial charge in [-0.3, -0.25) is 4.79 Å². The van der Waals surface area contributed by atoms with E-state index in [4.69, 9.17) is 16.0 Å². The van der Waals surface area contributed by atoms with E-state index in [9.17, 15) is 4.79 Å². The average molecular weight is 245 g/mol. The van der Waals surface area contributed by atoms with Crippen LogP contribution in [0.3, 0.4) is 0 Å². The second-order valence-corrected chi connectivity index (χ2v) is 4.87. The molecule has 1 rings (SSSR count). The van der Waals surface area contributed by atoms with Crippen LogP contribution in [0.4, 0.5) is 0 Å². The van der Waals surface area contributed by atoms with E-state index in [0.29, 0.717) is 6.54 Å². The molecule has 0 radical (unpaired) electrons. The summed E-state index contributed by atoms with van der Waals surface area (Å²) < 4.78 is 5.01. The molecule has 0 saturated heterocycles. The first-order chi connectivity index (χ1) is 7.33. The highest BCUT2D eigenvalue weighted by molar-refractivity contribution is 6.29. The number of amides is 1. The lowest BCUT2D eigenvalue weighted by Gasteiger charge is -2.32. The molecule has 90 valence electrons. The Morgan fingerprint density at radius 3 is 2.56 bits per heavy atom. The van der Waals surface area contributed by atoms with Crippen molar-refractivity contribution in [3.05, 3.63) is 23.1 Å². The van der Waals surface area contributed by atoms with Gasteiger partial charge in [0.15, 0.2) is 11.0 Å². The Labute approximate surface area is 101 Å². The number of nitrogens with zero attached hydrogens (tertiary/aromatic N) is 1. The molecule has 0 saturated carbocycles. The van der Waals surface area contributed by atoms with Gasteiger partial charge in [-0.2, -0.15) is 0 Å². The summed E-state index contributed by atoms with van der Waals surface area (Å²) in [4.78, 5) is 13.7. The van der Waals surface area contributed by atoms with Gasteiger partial charge >= 0.3 is 0 Å². The van der Waals surface area contributed by atoms with E-state index in [1.54, 1.807) is 12.1 Å². The summed E-state index contributed by atoms with van der Waals surface area (Å²) in [6, 6.07) is 3.11. The second kappa shape index (κ2) is 4.89. The monoisotopic (exact) mass is 244 g/mol. The van der Waals surface area contributed by atoms with Crippen molar-refractivity contribution in [3.8, 4) is 0 Å². The number of likely N-dealkylation sites (N-methyl/N-ethyl adjacent to an activating group) is 1. The molecule has 1 amide bonds. The van der Waals surface area contributed by atoms with E-state index in [1.807, 2.05) is 32.8 Å². The molecule has 1 aromatic rings. The maximum Gasteiger partial charge on any atom is 0.287 e. The first-order valence-electron chi connectivity index (χ1n) is 5.04. The Bertz CT molecular complexity index is 372. The highest BCUT2D eigenvalue weighted by Crippen LogP contribution is 2.13. The van der Waals surface area contributed by atoms with Gasteiger partial charge in [-0.15, -0.1) is 0 Å². The fourth-order valence-electron chi connectivity index (χ4n) is 0.978. The zero-order valence-corrected chi connectivity index (χ0v) is 10.8. The van der Waals surface area contributed by atoms with Crippen LogP contribution in [-0.4, -0.2) is 37.0 Å². The maximum atomic E-state index is 11.6. The Morgan fingerprint density at radius 1 is 1.50 bits per heavy atom. The number of nitrogens with one attached hydrogen (secondary N) is 1. The summed E-state index contributed by atoms with van der Waals surface area (Å²) in [5.41, 5.74) is -0.105. The lowest BCUT2D eigenvalue weighted by atomic mass is 10.0. The Morgan fingerprint density at radius 2 is 2.12 bits per heavy atom. The third kappa shape index (κ3) is 3.25. The first kappa shape index (κ1) is 13.1. The van der Waals surface area contributed by atoms with Crippen LogP contribution in [0.25, 0.3) is 0 Å². The van der Waals surface area contributed by atoms with E-state index < -0.39 is 0 Å². The average Bonchev–Trinajstić information content (AvgIpc) is 2.61. The highest BCUT2D eigenvalue weighted by atomic mass is 35.5. The molecule has 0 aliphatic carbocycles. The van der Waals surface area contributed by atoms with Crippen molar-refractivity contribution < 1.29 is 9.21 Å². The van der Waals surface area contributed by atoms with E-state index in [0.717, 1.165) is 0 Å². The fraction of sp³-hybridized carbons (Fsp3) is 0.545. The summed E-state index contributed by atoms with van der Waals surface area (Å²) in [7, 11) is 3.94. The number of furan rings is 1. The van der Waals surface area contributed by atoms with Crippen LogP contribution in [0, 0.1) is 0 Å². The Balaban J connectivity index is 2.54. The molecule has 1 N–H and O–H groups in total. The van der Waals surface area contributed by atoms with Gasteiger partial charge in [-0.1, -0.05) is 0 Å². The number of carbonyl (C=O) groups excluding carboxylic acids is 1. The van der Waals surface area contributed by atoms with Gasteiger partial charge in [0.05, 0.1) is 0 Å². The molecule has 0 atom stereocenters. The van der Waals surface area contributed by atoms with E-state index in [2.05, 4.69) is 5.32 Å². The van der Waals surface area contributed by atoms with Gasteiger partial charge in [0, 0.05) is 12.1 Å². The van der Waals surface area contributed by atoms with Crippen LogP contribution in [-0.2, 0) is 0 Å². The third-order valence-corrected chi connectivity index (χ3v) is 2.89. The van der Waals surface area contributed by atoms with Gasteiger partial charge in [0.2, 0.25) is 0 Å². The number of carbonyl (C=O) groups is 1. The Hall–Kier alpha value is -1.00. The molecule has 0 unspecified atom stereocenters. The zero-order chi connectivity index (χ0) is 12.3. The molecular weight excluding hydrogens is 228 g/mol. The van der Waals surface area contributed by atoms with Crippen LogP contribution in [0.15, 0.2) is 16.5 Å². The first-order valence-corrected chi connectivity index (χ1v) is 5.42. The van der Waals surface area contributed by atoms with Crippen molar-refractivity contribution in [3.63, 3.8) is 0 Å². The molecule has 0 aromatic carbocycles. The molecule has 0 bridgehead atoms. The molecule has 0 aliphatic rings. The van der Waals surface area contributed by atoms with Crippen molar-refractivity contribution in [2.24, 2.45) is 0 Å². The highest BCUT2D eigenvalue weighted by Gasteiger charge is 2.22. The standard InChI is InChI=1S/C11H17ClN2O2/c1-11(2,14(3)4)7-13-10(15)8-5-6-9(12)16-8/h5-6H,7H2,1-4H3,(H,13,15). The summed E-state index contributed by atoms with van der Waals surface area (Å²) >= 11 is 5.59. The number of rotatable bonds is 4. The molecule has 4 nitrogen and oxygen atoms in total. The van der Waals surface area contributed by atoms with Crippen LogP contribution in [0.5, 0.6) is 0 Å². The van der Waals surface area contributed by atoms with Gasteiger partial charge in [0.1, 0.15) is 0 Å². The van der Waals surface area contributed by atoms with Gasteiger partial charge in [0.25, 0.3) is 5.91 Å². The number of hydrogen-bond acceptors (Lipinski definition) is 3. The lowest BCUT2D eigenvalue weighted by molar-refractivity contribution is 0.0892. The molecule has 0 aliphatic heterocycles. The van der Waals surface area contributed by atoms with Crippen molar-refractivity contribution in [2.75, 3.05) is 20.6 Å². The third-order valence-electron chi connectivity index (χ3n) is 2.69. The van der Waals surface area contributed by atoms with Crippen LogP contribution in [0.2, 0.25) is 5.22 Å². The van der Waals surface area contributed by atoms with E-state index >= 15 is 0 Å². The summed E-state index contributed by atoms with van der Waals surface area (Å²) in [5, 5.41) is 3.02. The normalized spacial score (nSPS) is 11.9. The minimum Gasteiger partial charge on any atom is -0.440 e. The van der Waals surface area contributed by atoms with Crippen LogP contribution < -0.4 is 5.32 Å². The molecule has 1 aromatic heterocycles. The van der Waals surface area contributed by atoms with Crippen LogP contribution >= 0.6 is 11.6 Å². The van der Waals surface area contributed by atoms with Crippen molar-refractivity contribution in [2.45, 2.75) is 19.4 Å². The molecular formula is C11H17ClN2O2. The smallest absolute Gasteiger partial charge is 0.287 e. The largest absolute Gasteiger partial charge is 0.440 e. The van der Waals surface area contributed by atoms with Gasteiger partial charge in [-0.25, -0.2) is 0 Å². The Kier molecular flexibility index (Phi) is 3.99. The van der Waals surface area contributed by atoms with Gasteiger partial charge < -0.3 is 14.6 Å². The topological polar surface area (TPSA) is 45.5 Å². The molecule has 1 heterocycles. The molecule has 16 heavy (non-hydrogen) atoms. The van der Waals surface area contributed by atoms with Gasteiger partial charge in [-0.05, 0) is 51.7 Å². The van der Waals surface area contributed by atoms with Crippen LogP contribution in [0.1, 0.15) is 24.4 Å². The van der Waals surface area contributed by atoms with E-state index in [-0.39, 0.29) is 22.4 Å². The minimum atomic E-state index is -0.248. The van der Waals surface area contributed by atoms with Crippen molar-refractivity contribution >= 4 is 17.5 Å². The predicted molar refractivity (Wildman–Crippen MR) is 63.8 cm³/mol. The summed E-state index contributed by atoms with van der Waals surface area (Å²) in [5.74, 6) is -0.0126. The van der Waals surface area contributed by atoms with E-state index in [1.165, 1.54) is 0 Å². The molecule has 0 fully saturated rings. The lowest BCUT2D eigenvalue weighted by Crippen LogP contribution is -2.48. The SMILES string of the molecule is CN(C)C(C)(C)CNC(=O)c1ccc(Cl)o1. The van der Waals surface area contributed by atoms with Crippen molar-refractivity contribution in [1.82, 2.24) is 10.2 Å². The minimum absolute atomic E-state index is 0.105. The predicted octanol–water partition coefficient (Wildman–Crippen LogP) is 2.00. The zero-order valence-electron chi connectivity index (χ0n) is 10.0. The summed E-state index contributed by atoms with van der Waals surface area (Å²) in [6.07, 6.45) is 0. The fourth-order valence-corrected chi connectivity index (χ4v) is 1.12. The molecule has 0 spiro atoms.